The molecule has 3 heteroatoms. The maximum atomic E-state index is 11.6. The first-order valence-electron chi connectivity index (χ1n) is 8.28. The molecule has 0 radical (unpaired) electrons. The van der Waals surface area contributed by atoms with Gasteiger partial charge in [-0.05, 0) is 31.8 Å². The number of unbranched alkanes of at least 4 members (excludes halogenated alkanes) is 4. The van der Waals surface area contributed by atoms with Crippen LogP contribution in [-0.2, 0) is 14.3 Å². The SMILES string of the molecule is CC/C=C\C/C=C\C=C\C(=O)CCCCCCCC(=O)OC. The maximum absolute atomic E-state index is 11.6. The van der Waals surface area contributed by atoms with E-state index in [4.69, 9.17) is 0 Å². The molecule has 3 nitrogen and oxygen atoms in total. The van der Waals surface area contributed by atoms with Gasteiger partial charge in [-0.15, -0.1) is 0 Å². The zero-order valence-electron chi connectivity index (χ0n) is 14.1. The number of esters is 1. The van der Waals surface area contributed by atoms with E-state index in [1.165, 1.54) is 7.11 Å². The average Bonchev–Trinajstić information content (AvgIpc) is 2.52. The van der Waals surface area contributed by atoms with Crippen LogP contribution in [0.3, 0.4) is 0 Å². The Morgan fingerprint density at radius 3 is 2.23 bits per heavy atom. The van der Waals surface area contributed by atoms with Crippen LogP contribution in [-0.4, -0.2) is 18.9 Å². The van der Waals surface area contributed by atoms with E-state index in [-0.39, 0.29) is 11.8 Å². The number of hydrogen-bond donors (Lipinski definition) is 0. The summed E-state index contributed by atoms with van der Waals surface area (Å²) in [5.74, 6) is 0.0434. The highest BCUT2D eigenvalue weighted by atomic mass is 16.5. The first-order chi connectivity index (χ1) is 10.7. The van der Waals surface area contributed by atoms with Gasteiger partial charge in [0.2, 0.25) is 0 Å². The molecule has 0 spiro atoms. The maximum Gasteiger partial charge on any atom is 0.305 e. The van der Waals surface area contributed by atoms with Gasteiger partial charge in [-0.25, -0.2) is 0 Å². The molecule has 0 amide bonds. The molecule has 0 fully saturated rings. The zero-order valence-corrected chi connectivity index (χ0v) is 14.1. The highest BCUT2D eigenvalue weighted by Crippen LogP contribution is 2.08. The Kier molecular flexibility index (Phi) is 14.6. The minimum atomic E-state index is -0.140. The van der Waals surface area contributed by atoms with Gasteiger partial charge in [0.15, 0.2) is 5.78 Å². The summed E-state index contributed by atoms with van der Waals surface area (Å²) in [5.41, 5.74) is 0. The largest absolute Gasteiger partial charge is 0.469 e. The topological polar surface area (TPSA) is 43.4 Å². The molecule has 0 aromatic carbocycles. The van der Waals surface area contributed by atoms with E-state index in [0.717, 1.165) is 44.9 Å². The van der Waals surface area contributed by atoms with Crippen molar-refractivity contribution in [1.82, 2.24) is 0 Å². The monoisotopic (exact) mass is 306 g/mol. The van der Waals surface area contributed by atoms with Crippen LogP contribution in [0.25, 0.3) is 0 Å². The predicted molar refractivity (Wildman–Crippen MR) is 91.7 cm³/mol. The van der Waals surface area contributed by atoms with Gasteiger partial charge in [-0.3, -0.25) is 9.59 Å². The molecule has 0 bridgehead atoms. The van der Waals surface area contributed by atoms with Crippen LogP contribution in [0.15, 0.2) is 36.5 Å². The Labute approximate surface area is 135 Å². The minimum absolute atomic E-state index is 0.140. The van der Waals surface area contributed by atoms with E-state index < -0.39 is 0 Å². The lowest BCUT2D eigenvalue weighted by Gasteiger charge is -2.00. The van der Waals surface area contributed by atoms with Crippen molar-refractivity contribution in [3.8, 4) is 0 Å². The fraction of sp³-hybridized carbons (Fsp3) is 0.579. The van der Waals surface area contributed by atoms with Gasteiger partial charge in [-0.2, -0.15) is 0 Å². The van der Waals surface area contributed by atoms with Crippen molar-refractivity contribution in [3.05, 3.63) is 36.5 Å². The minimum Gasteiger partial charge on any atom is -0.469 e. The first-order valence-corrected chi connectivity index (χ1v) is 8.28. The second-order valence-electron chi connectivity index (χ2n) is 5.21. The fourth-order valence-corrected chi connectivity index (χ4v) is 1.95. The van der Waals surface area contributed by atoms with Crippen LogP contribution < -0.4 is 0 Å². The number of methoxy groups -OCH3 is 1. The summed E-state index contributed by atoms with van der Waals surface area (Å²) in [5, 5.41) is 0. The van der Waals surface area contributed by atoms with Crippen molar-refractivity contribution in [2.24, 2.45) is 0 Å². The smallest absolute Gasteiger partial charge is 0.305 e. The second-order valence-corrected chi connectivity index (χ2v) is 5.21. The van der Waals surface area contributed by atoms with Crippen LogP contribution in [0.2, 0.25) is 0 Å². The van der Waals surface area contributed by atoms with Gasteiger partial charge >= 0.3 is 5.97 Å². The van der Waals surface area contributed by atoms with Gasteiger partial charge in [0.1, 0.15) is 0 Å². The summed E-state index contributed by atoms with van der Waals surface area (Å²) in [4.78, 5) is 22.5. The normalized spacial score (nSPS) is 11.7. The van der Waals surface area contributed by atoms with Crippen LogP contribution in [0, 0.1) is 0 Å². The molecule has 22 heavy (non-hydrogen) atoms. The summed E-state index contributed by atoms with van der Waals surface area (Å²) >= 11 is 0. The van der Waals surface area contributed by atoms with Gasteiger partial charge in [0.25, 0.3) is 0 Å². The number of carbonyl (C=O) groups is 2. The van der Waals surface area contributed by atoms with Crippen molar-refractivity contribution < 1.29 is 14.3 Å². The third kappa shape index (κ3) is 14.8. The molecule has 0 saturated heterocycles. The standard InChI is InChI=1S/C19H30O3/c1-3-4-5-6-7-9-12-15-18(20)16-13-10-8-11-14-17-19(21)22-2/h4-5,7,9,12,15H,3,6,8,10-11,13-14,16-17H2,1-2H3/b5-4-,9-7-,15-12+. The number of hydrogen-bond acceptors (Lipinski definition) is 3. The molecule has 0 N–H and O–H groups in total. The molecule has 0 atom stereocenters. The van der Waals surface area contributed by atoms with Gasteiger partial charge in [0.05, 0.1) is 7.11 Å². The van der Waals surface area contributed by atoms with Crippen molar-refractivity contribution in [2.45, 2.75) is 64.7 Å². The molecular weight excluding hydrogens is 276 g/mol. The van der Waals surface area contributed by atoms with Gasteiger partial charge < -0.3 is 4.74 Å². The Morgan fingerprint density at radius 1 is 0.864 bits per heavy atom. The number of ether oxygens (including phenoxy) is 1. The van der Waals surface area contributed by atoms with Gasteiger partial charge in [-0.1, -0.05) is 56.6 Å². The predicted octanol–water partition coefficient (Wildman–Crippen LogP) is 4.93. The highest BCUT2D eigenvalue weighted by Gasteiger charge is 2.00. The number of ketones is 1. The summed E-state index contributed by atoms with van der Waals surface area (Å²) in [6, 6.07) is 0. The van der Waals surface area contributed by atoms with E-state index >= 15 is 0 Å². The Morgan fingerprint density at radius 2 is 1.55 bits per heavy atom. The lowest BCUT2D eigenvalue weighted by Crippen LogP contribution is -1.99. The fourth-order valence-electron chi connectivity index (χ4n) is 1.95. The molecular formula is C19H30O3. The van der Waals surface area contributed by atoms with Crippen molar-refractivity contribution in [2.75, 3.05) is 7.11 Å². The summed E-state index contributed by atoms with van der Waals surface area (Å²) in [7, 11) is 1.42. The molecule has 0 unspecified atom stereocenters. The van der Waals surface area contributed by atoms with E-state index in [9.17, 15) is 9.59 Å². The van der Waals surface area contributed by atoms with Crippen LogP contribution in [0.4, 0.5) is 0 Å². The summed E-state index contributed by atoms with van der Waals surface area (Å²) < 4.78 is 4.58. The van der Waals surface area contributed by atoms with Crippen LogP contribution in [0.5, 0.6) is 0 Å². The Bertz CT molecular complexity index is 378. The molecule has 0 saturated carbocycles. The number of carbonyl (C=O) groups excluding carboxylic acids is 2. The van der Waals surface area contributed by atoms with Crippen LogP contribution >= 0.6 is 0 Å². The molecule has 0 heterocycles. The Hall–Kier alpha value is -1.64. The molecule has 0 aromatic heterocycles. The lowest BCUT2D eigenvalue weighted by atomic mass is 10.1. The van der Waals surface area contributed by atoms with Crippen molar-refractivity contribution in [3.63, 3.8) is 0 Å². The lowest BCUT2D eigenvalue weighted by molar-refractivity contribution is -0.140. The quantitative estimate of drug-likeness (QED) is 0.159. The van der Waals surface area contributed by atoms with E-state index in [1.54, 1.807) is 6.08 Å². The molecule has 0 rings (SSSR count). The zero-order chi connectivity index (χ0) is 16.5. The van der Waals surface area contributed by atoms with E-state index in [2.05, 4.69) is 23.8 Å². The molecule has 0 aromatic rings. The van der Waals surface area contributed by atoms with E-state index in [1.807, 2.05) is 18.2 Å². The average molecular weight is 306 g/mol. The third-order valence-corrected chi connectivity index (χ3v) is 3.24. The van der Waals surface area contributed by atoms with Crippen LogP contribution in [0.1, 0.15) is 64.7 Å². The van der Waals surface area contributed by atoms with Crippen molar-refractivity contribution in [1.29, 1.82) is 0 Å². The number of allylic oxidation sites excluding steroid dienone is 6. The van der Waals surface area contributed by atoms with Crippen molar-refractivity contribution >= 4 is 11.8 Å². The Balaban J connectivity index is 3.49. The summed E-state index contributed by atoms with van der Waals surface area (Å²) in [6.07, 6.45) is 19.7. The molecule has 0 aliphatic rings. The molecule has 0 aliphatic heterocycles. The second kappa shape index (κ2) is 15.7. The number of rotatable bonds is 13. The summed E-state index contributed by atoms with van der Waals surface area (Å²) in [6.45, 7) is 2.11. The van der Waals surface area contributed by atoms with Gasteiger partial charge in [0, 0.05) is 12.8 Å². The van der Waals surface area contributed by atoms with E-state index in [0.29, 0.717) is 12.8 Å². The molecule has 124 valence electrons. The highest BCUT2D eigenvalue weighted by molar-refractivity contribution is 5.89. The third-order valence-electron chi connectivity index (χ3n) is 3.24. The molecule has 0 aliphatic carbocycles. The first kappa shape index (κ1) is 20.4.